The van der Waals surface area contributed by atoms with Gasteiger partial charge in [-0.25, -0.2) is 0 Å². The molecule has 0 aromatic carbocycles. The van der Waals surface area contributed by atoms with Crippen LogP contribution < -0.4 is 18.9 Å². The van der Waals surface area contributed by atoms with Crippen LogP contribution in [0.3, 0.4) is 0 Å². The van der Waals surface area contributed by atoms with Gasteiger partial charge in [-0.3, -0.25) is 0 Å². The number of hydrogen-bond acceptors (Lipinski definition) is 0. The van der Waals surface area contributed by atoms with Gasteiger partial charge in [-0.2, -0.15) is 0 Å². The van der Waals surface area contributed by atoms with E-state index in [0.717, 1.165) is 23.4 Å². The van der Waals surface area contributed by atoms with Gasteiger partial charge in [0.2, 0.25) is 0 Å². The average molecular weight is 381 g/mol. The van der Waals surface area contributed by atoms with Crippen molar-refractivity contribution in [2.45, 2.75) is 0 Å². The zero-order valence-corrected chi connectivity index (χ0v) is 11.4. The monoisotopic (exact) mass is 381 g/mol. The minimum absolute atomic E-state index is 0. The molecule has 0 spiro atoms. The molecule has 0 aromatic heterocycles. The molecule has 1 radical (unpaired) electrons. The third-order valence-corrected chi connectivity index (χ3v) is 0. The van der Waals surface area contributed by atoms with Crippen LogP contribution in [0.4, 0.5) is 0 Å². The second kappa shape index (κ2) is 16.5. The smallest absolute Gasteiger partial charge is 1.00 e. The minimum atomic E-state index is 0. The van der Waals surface area contributed by atoms with Crippen molar-refractivity contribution in [1.29, 1.82) is 0 Å². The fraction of sp³-hybridized carbons (Fsp3) is 0. The van der Waals surface area contributed by atoms with Gasteiger partial charge in [0.05, 0.1) is 0 Å². The summed E-state index contributed by atoms with van der Waals surface area (Å²) in [5.41, 5.74) is 0. The van der Waals surface area contributed by atoms with E-state index in [9.17, 15) is 0 Å². The van der Waals surface area contributed by atoms with Gasteiger partial charge in [0.25, 0.3) is 0 Å². The molecule has 15 valence electrons. The predicted molar refractivity (Wildman–Crippen MR) is 15.8 cm³/mol. The minimum Gasteiger partial charge on any atom is -1.00 e. The van der Waals surface area contributed by atoms with Crippen molar-refractivity contribution in [3.63, 3.8) is 0 Å². The van der Waals surface area contributed by atoms with Crippen molar-refractivity contribution in [3.8, 4) is 0 Å². The van der Waals surface area contributed by atoms with Gasteiger partial charge >= 0.3 is 54.2 Å². The summed E-state index contributed by atoms with van der Waals surface area (Å²) in [6.45, 7) is 0. The molecule has 0 N–H and O–H groups in total. The molecule has 0 aliphatic carbocycles. The molecule has 0 aliphatic heterocycles. The van der Waals surface area contributed by atoms with Crippen molar-refractivity contribution in [2.24, 2.45) is 0 Å². The van der Waals surface area contributed by atoms with Crippen LogP contribution >= 0.6 is 12.0 Å². The van der Waals surface area contributed by atoms with Gasteiger partial charge in [0.1, 0.15) is 0 Å². The van der Waals surface area contributed by atoms with E-state index in [2.05, 4.69) is 12.0 Å². The van der Waals surface area contributed by atoms with Crippen LogP contribution in [0, 0.1) is 0 Å². The van der Waals surface area contributed by atoms with Crippen molar-refractivity contribution < 1.29 is 53.0 Å². The third kappa shape index (κ3) is 8.92. The molecule has 0 amide bonds. The maximum absolute atomic E-state index is 3.10. The fourth-order valence-electron chi connectivity index (χ4n) is 0. The molecule has 0 bridgehead atoms. The molecule has 0 aliphatic rings. The van der Waals surface area contributed by atoms with Gasteiger partial charge in [-0.05, 0) is 0 Å². The molecular formula is HBrLiTlY. The summed E-state index contributed by atoms with van der Waals surface area (Å²) < 4.78 is 0. The second-order valence-electron chi connectivity index (χ2n) is 0. The topological polar surface area (TPSA) is 0 Å². The summed E-state index contributed by atoms with van der Waals surface area (Å²) in [6, 6.07) is 0. The van der Waals surface area contributed by atoms with E-state index >= 15 is 0 Å². The second-order valence-corrected chi connectivity index (χ2v) is 0. The summed E-state index contributed by atoms with van der Waals surface area (Å²) in [5.74, 6) is 0. The van der Waals surface area contributed by atoms with E-state index in [0.29, 0.717) is 0 Å². The van der Waals surface area contributed by atoms with Crippen LogP contribution in [0.5, 0.6) is 0 Å². The Hall–Kier alpha value is 3.10. The summed E-state index contributed by atoms with van der Waals surface area (Å²) in [4.78, 5) is 0. The Bertz CT molecular complexity index is 11.6. The molecule has 4 heavy (non-hydrogen) atoms. The molecule has 0 atom stereocenters. The molecule has 0 saturated heterocycles. The molecule has 0 heterocycles. The van der Waals surface area contributed by atoms with Crippen LogP contribution in [0.15, 0.2) is 0 Å². The van der Waals surface area contributed by atoms with E-state index in [4.69, 9.17) is 0 Å². The summed E-state index contributed by atoms with van der Waals surface area (Å²) in [6.07, 6.45) is 0. The quantitative estimate of drug-likeness (QED) is 0.410. The fourth-order valence-corrected chi connectivity index (χ4v) is 0. The van der Waals surface area contributed by atoms with E-state index < -0.39 is 0 Å². The van der Waals surface area contributed by atoms with Crippen LogP contribution in [0.25, 0.3) is 0 Å². The zero-order valence-electron chi connectivity index (χ0n) is 3.53. The average Bonchev–Trinajstić information content (AvgIpc) is 1.00. The van der Waals surface area contributed by atoms with Gasteiger partial charge in [0.15, 0.2) is 0 Å². The Labute approximate surface area is 86.4 Å². The first kappa shape index (κ1) is 15.7. The maximum Gasteiger partial charge on any atom is 1.00 e. The van der Waals surface area contributed by atoms with Crippen molar-refractivity contribution in [1.82, 2.24) is 0 Å². The van der Waals surface area contributed by atoms with Crippen molar-refractivity contribution in [2.75, 3.05) is 0 Å². The molecule has 0 saturated carbocycles. The van der Waals surface area contributed by atoms with Crippen molar-refractivity contribution >= 4 is 35.3 Å². The van der Waals surface area contributed by atoms with Gasteiger partial charge in [-0.15, -0.1) is 0 Å². The van der Waals surface area contributed by atoms with Gasteiger partial charge in [-0.1, -0.05) is 0 Å². The molecule has 0 unspecified atom stereocenters. The standard InChI is InChI=1S/BrH.Li.Tl.Y.H/h1H;;;;/q;2*+1;;-1/p-1. The summed E-state index contributed by atoms with van der Waals surface area (Å²) in [5, 5.41) is 0. The number of halogens is 1. The normalized spacial score (nSPS) is 1.00. The Morgan fingerprint density at radius 1 is 1.50 bits per heavy atom. The van der Waals surface area contributed by atoms with E-state index in [1.807, 2.05) is 0 Å². The van der Waals surface area contributed by atoms with Crippen molar-refractivity contribution in [3.05, 3.63) is 0 Å². The zero-order chi connectivity index (χ0) is 2.00. The first-order valence-electron chi connectivity index (χ1n) is 0.218. The Morgan fingerprint density at radius 2 is 1.50 bits per heavy atom. The first-order valence-corrected chi connectivity index (χ1v) is 9.95. The first-order chi connectivity index (χ1) is 1.00. The number of hydrogen-bond donors (Lipinski definition) is 0. The molecule has 0 rings (SSSR count). The molecule has 0 fully saturated rings. The molecule has 0 nitrogen and oxygen atoms in total. The SMILES string of the molecule is [Br][Tl].[H-].[Li+].[Y]. The third-order valence-electron chi connectivity index (χ3n) is 0. The number of rotatable bonds is 0. The summed E-state index contributed by atoms with van der Waals surface area (Å²) >= 11 is 4.08. The Balaban J connectivity index is -0.00000000167. The molecule has 0 aromatic rings. The van der Waals surface area contributed by atoms with E-state index in [-0.39, 0.29) is 53.0 Å². The van der Waals surface area contributed by atoms with Crippen LogP contribution in [0.1, 0.15) is 1.43 Å². The Morgan fingerprint density at radius 3 is 1.50 bits per heavy atom. The largest absolute Gasteiger partial charge is 1.00 e. The van der Waals surface area contributed by atoms with E-state index in [1.165, 1.54) is 0 Å². The molecular weight excluding hydrogens is 380 g/mol. The predicted octanol–water partition coefficient (Wildman–Crippen LogP) is -2.42. The van der Waals surface area contributed by atoms with Crippen LogP contribution in [-0.4, -0.2) is 23.4 Å². The molecule has 4 heteroatoms. The van der Waals surface area contributed by atoms with Crippen LogP contribution in [0.2, 0.25) is 0 Å². The Kier molecular flexibility index (Phi) is 64.8. The summed E-state index contributed by atoms with van der Waals surface area (Å²) in [7, 11) is 0. The van der Waals surface area contributed by atoms with E-state index in [1.54, 1.807) is 0 Å². The van der Waals surface area contributed by atoms with Crippen LogP contribution in [-0.2, 0) is 32.7 Å². The maximum atomic E-state index is 3.10. The van der Waals surface area contributed by atoms with Gasteiger partial charge in [0, 0.05) is 32.7 Å². The van der Waals surface area contributed by atoms with Gasteiger partial charge < -0.3 is 1.43 Å².